The molecule has 0 aromatic carbocycles. The Morgan fingerprint density at radius 1 is 1.25 bits per heavy atom. The average Bonchev–Trinajstić information content (AvgIpc) is 2.79. The fraction of sp³-hybridized carbons (Fsp3) is 0.357. The van der Waals surface area contributed by atoms with Crippen molar-refractivity contribution in [1.82, 2.24) is 14.8 Å². The lowest BCUT2D eigenvalue weighted by molar-refractivity contribution is -0.111. The highest BCUT2D eigenvalue weighted by atomic mass is 32.1. The number of hydrogen-bond acceptors (Lipinski definition) is 4. The zero-order valence-corrected chi connectivity index (χ0v) is 13.1. The smallest absolute Gasteiger partial charge is 0.250 e. The normalized spacial score (nSPS) is 11.2. The van der Waals surface area contributed by atoms with Gasteiger partial charge in [0, 0.05) is 29.3 Å². The van der Waals surface area contributed by atoms with Crippen LogP contribution in [0, 0.1) is 27.7 Å². The van der Waals surface area contributed by atoms with Gasteiger partial charge in [0.05, 0.1) is 11.4 Å². The molecule has 0 bridgehead atoms. The molecule has 2 heterocycles. The van der Waals surface area contributed by atoms with Crippen LogP contribution in [-0.2, 0) is 11.8 Å². The average molecular weight is 290 g/mol. The first kappa shape index (κ1) is 14.5. The Balaban J connectivity index is 2.09. The zero-order valence-electron chi connectivity index (χ0n) is 12.3. The Labute approximate surface area is 122 Å². The van der Waals surface area contributed by atoms with Gasteiger partial charge >= 0.3 is 0 Å². The molecule has 5 nitrogen and oxygen atoms in total. The van der Waals surface area contributed by atoms with Crippen molar-refractivity contribution >= 4 is 28.5 Å². The number of hydrogen-bond donors (Lipinski definition) is 1. The third-order valence-corrected chi connectivity index (χ3v) is 4.21. The minimum absolute atomic E-state index is 0.179. The number of amides is 1. The molecule has 0 aliphatic carbocycles. The van der Waals surface area contributed by atoms with Gasteiger partial charge in [-0.2, -0.15) is 5.10 Å². The maximum atomic E-state index is 11.9. The summed E-state index contributed by atoms with van der Waals surface area (Å²) in [6.45, 7) is 7.82. The van der Waals surface area contributed by atoms with Gasteiger partial charge in [-0.25, -0.2) is 4.98 Å². The van der Waals surface area contributed by atoms with Crippen LogP contribution in [0.25, 0.3) is 6.08 Å². The number of aromatic nitrogens is 3. The van der Waals surface area contributed by atoms with E-state index in [1.54, 1.807) is 10.8 Å². The summed E-state index contributed by atoms with van der Waals surface area (Å²) in [4.78, 5) is 17.3. The van der Waals surface area contributed by atoms with Crippen molar-refractivity contribution in [3.63, 3.8) is 0 Å². The SMILES string of the molecule is Cc1nc(NC(=O)/C=C/c2c(C)nn(C)c2C)sc1C. The van der Waals surface area contributed by atoms with Crippen molar-refractivity contribution in [3.8, 4) is 0 Å². The largest absolute Gasteiger partial charge is 0.298 e. The van der Waals surface area contributed by atoms with Crippen LogP contribution in [0.15, 0.2) is 6.08 Å². The Morgan fingerprint density at radius 2 is 1.95 bits per heavy atom. The molecule has 2 rings (SSSR count). The van der Waals surface area contributed by atoms with E-state index in [1.165, 1.54) is 17.4 Å². The lowest BCUT2D eigenvalue weighted by atomic mass is 10.2. The number of anilines is 1. The van der Waals surface area contributed by atoms with E-state index in [4.69, 9.17) is 0 Å². The fourth-order valence-corrected chi connectivity index (χ4v) is 2.68. The molecule has 2 aromatic rings. The molecule has 0 atom stereocenters. The second-order valence-corrected chi connectivity index (χ2v) is 5.89. The van der Waals surface area contributed by atoms with Gasteiger partial charge in [-0.1, -0.05) is 0 Å². The number of thiazole rings is 1. The molecule has 0 aliphatic heterocycles. The highest BCUT2D eigenvalue weighted by Crippen LogP contribution is 2.21. The van der Waals surface area contributed by atoms with Crippen LogP contribution >= 0.6 is 11.3 Å². The van der Waals surface area contributed by atoms with Crippen LogP contribution in [0.5, 0.6) is 0 Å². The molecule has 1 N–H and O–H groups in total. The molecule has 0 radical (unpaired) electrons. The summed E-state index contributed by atoms with van der Waals surface area (Å²) in [7, 11) is 1.89. The lowest BCUT2D eigenvalue weighted by Gasteiger charge is -1.96. The molecule has 0 saturated carbocycles. The summed E-state index contributed by atoms with van der Waals surface area (Å²) < 4.78 is 1.81. The number of carbonyl (C=O) groups is 1. The van der Waals surface area contributed by atoms with Gasteiger partial charge in [-0.3, -0.25) is 14.8 Å². The van der Waals surface area contributed by atoms with E-state index in [0.717, 1.165) is 27.5 Å². The monoisotopic (exact) mass is 290 g/mol. The predicted octanol–water partition coefficient (Wildman–Crippen LogP) is 2.76. The van der Waals surface area contributed by atoms with Crippen molar-refractivity contribution < 1.29 is 4.79 Å². The first-order valence-corrected chi connectivity index (χ1v) is 7.13. The highest BCUT2D eigenvalue weighted by Gasteiger charge is 2.08. The van der Waals surface area contributed by atoms with Gasteiger partial charge in [-0.15, -0.1) is 11.3 Å². The molecule has 1 amide bonds. The minimum atomic E-state index is -0.179. The number of nitrogens with one attached hydrogen (secondary N) is 1. The number of rotatable bonds is 3. The molecule has 0 spiro atoms. The highest BCUT2D eigenvalue weighted by molar-refractivity contribution is 7.15. The van der Waals surface area contributed by atoms with E-state index in [9.17, 15) is 4.79 Å². The minimum Gasteiger partial charge on any atom is -0.298 e. The van der Waals surface area contributed by atoms with E-state index in [0.29, 0.717) is 5.13 Å². The van der Waals surface area contributed by atoms with E-state index < -0.39 is 0 Å². The Kier molecular flexibility index (Phi) is 4.04. The topological polar surface area (TPSA) is 59.8 Å². The summed E-state index contributed by atoms with van der Waals surface area (Å²) in [5.41, 5.74) is 3.88. The maximum Gasteiger partial charge on any atom is 0.250 e. The van der Waals surface area contributed by atoms with Gasteiger partial charge < -0.3 is 0 Å². The summed E-state index contributed by atoms with van der Waals surface area (Å²) in [6.07, 6.45) is 3.31. The zero-order chi connectivity index (χ0) is 14.9. The molecule has 0 aliphatic rings. The first-order chi connectivity index (χ1) is 9.38. The van der Waals surface area contributed by atoms with Crippen molar-refractivity contribution in [1.29, 1.82) is 0 Å². The molecular weight excluding hydrogens is 272 g/mol. The number of carbonyl (C=O) groups excluding carboxylic acids is 1. The van der Waals surface area contributed by atoms with Crippen molar-refractivity contribution in [2.75, 3.05) is 5.32 Å². The third-order valence-electron chi connectivity index (χ3n) is 3.23. The van der Waals surface area contributed by atoms with E-state index >= 15 is 0 Å². The molecule has 0 saturated heterocycles. The molecule has 106 valence electrons. The predicted molar refractivity (Wildman–Crippen MR) is 81.9 cm³/mol. The van der Waals surface area contributed by atoms with Crippen molar-refractivity contribution in [2.24, 2.45) is 7.05 Å². The van der Waals surface area contributed by atoms with Crippen LogP contribution in [0.1, 0.15) is 27.5 Å². The van der Waals surface area contributed by atoms with Crippen LogP contribution in [0.2, 0.25) is 0 Å². The molecular formula is C14H18N4OS. The Hall–Kier alpha value is -1.95. The molecule has 2 aromatic heterocycles. The summed E-state index contributed by atoms with van der Waals surface area (Å²) >= 11 is 1.48. The van der Waals surface area contributed by atoms with Gasteiger partial charge in [0.15, 0.2) is 5.13 Å². The van der Waals surface area contributed by atoms with Gasteiger partial charge in [0.1, 0.15) is 0 Å². The number of nitrogens with zero attached hydrogens (tertiary/aromatic N) is 3. The summed E-state index contributed by atoms with van der Waals surface area (Å²) in [5.74, 6) is -0.179. The van der Waals surface area contributed by atoms with E-state index in [1.807, 2.05) is 34.7 Å². The van der Waals surface area contributed by atoms with Crippen LogP contribution in [0.4, 0.5) is 5.13 Å². The second kappa shape index (κ2) is 5.58. The number of aryl methyl sites for hydroxylation is 4. The molecule has 0 fully saturated rings. The maximum absolute atomic E-state index is 11.9. The van der Waals surface area contributed by atoms with Crippen molar-refractivity contribution in [3.05, 3.63) is 33.6 Å². The second-order valence-electron chi connectivity index (χ2n) is 4.69. The van der Waals surface area contributed by atoms with Crippen LogP contribution < -0.4 is 5.32 Å². The van der Waals surface area contributed by atoms with Gasteiger partial charge in [-0.05, 0) is 33.8 Å². The van der Waals surface area contributed by atoms with Crippen LogP contribution in [0.3, 0.4) is 0 Å². The quantitative estimate of drug-likeness (QED) is 0.884. The standard InChI is InChI=1S/C14H18N4OS/c1-8-11(4)20-14(15-8)16-13(19)7-6-12-9(2)17-18(5)10(12)3/h6-7H,1-5H3,(H,15,16,19)/b7-6+. The first-order valence-electron chi connectivity index (χ1n) is 6.31. The van der Waals surface area contributed by atoms with Gasteiger partial charge in [0.2, 0.25) is 5.91 Å². The molecule has 6 heteroatoms. The Bertz CT molecular complexity index is 662. The third kappa shape index (κ3) is 2.96. The van der Waals surface area contributed by atoms with E-state index in [2.05, 4.69) is 15.4 Å². The Morgan fingerprint density at radius 3 is 2.45 bits per heavy atom. The van der Waals surface area contributed by atoms with Gasteiger partial charge in [0.25, 0.3) is 0 Å². The molecule has 20 heavy (non-hydrogen) atoms. The molecule has 0 unspecified atom stereocenters. The fourth-order valence-electron chi connectivity index (χ4n) is 1.86. The lowest BCUT2D eigenvalue weighted by Crippen LogP contribution is -2.07. The summed E-state index contributed by atoms with van der Waals surface area (Å²) in [5, 5.41) is 7.72. The van der Waals surface area contributed by atoms with Crippen LogP contribution in [-0.4, -0.2) is 20.7 Å². The van der Waals surface area contributed by atoms with Crippen molar-refractivity contribution in [2.45, 2.75) is 27.7 Å². The summed E-state index contributed by atoms with van der Waals surface area (Å²) in [6, 6.07) is 0. The van der Waals surface area contributed by atoms with E-state index in [-0.39, 0.29) is 5.91 Å².